The Kier molecular flexibility index (Phi) is 3.91. The SMILES string of the molecule is Cc1c(C(=O)O)cccc1S(=O)(=O)NCc1ccco1. The van der Waals surface area contributed by atoms with E-state index in [1.807, 2.05) is 0 Å². The van der Waals surface area contributed by atoms with Crippen molar-refractivity contribution in [3.63, 3.8) is 0 Å². The van der Waals surface area contributed by atoms with Crippen molar-refractivity contribution in [1.29, 1.82) is 0 Å². The highest BCUT2D eigenvalue weighted by molar-refractivity contribution is 7.89. The van der Waals surface area contributed by atoms with Crippen LogP contribution in [0.25, 0.3) is 0 Å². The van der Waals surface area contributed by atoms with Crippen molar-refractivity contribution in [2.75, 3.05) is 0 Å². The number of sulfonamides is 1. The molecule has 0 amide bonds. The van der Waals surface area contributed by atoms with E-state index in [2.05, 4.69) is 4.72 Å². The van der Waals surface area contributed by atoms with E-state index in [0.717, 1.165) is 0 Å². The first-order valence-electron chi connectivity index (χ1n) is 5.77. The molecule has 20 heavy (non-hydrogen) atoms. The maximum absolute atomic E-state index is 12.2. The maximum Gasteiger partial charge on any atom is 0.335 e. The van der Waals surface area contributed by atoms with Gasteiger partial charge < -0.3 is 9.52 Å². The van der Waals surface area contributed by atoms with Gasteiger partial charge in [0.25, 0.3) is 0 Å². The van der Waals surface area contributed by atoms with E-state index < -0.39 is 16.0 Å². The van der Waals surface area contributed by atoms with Gasteiger partial charge in [-0.25, -0.2) is 17.9 Å². The monoisotopic (exact) mass is 295 g/mol. The highest BCUT2D eigenvalue weighted by atomic mass is 32.2. The third-order valence-electron chi connectivity index (χ3n) is 2.82. The summed E-state index contributed by atoms with van der Waals surface area (Å²) in [6.45, 7) is 1.47. The molecule has 1 aromatic carbocycles. The molecule has 106 valence electrons. The number of rotatable bonds is 5. The van der Waals surface area contributed by atoms with Crippen molar-refractivity contribution >= 4 is 16.0 Å². The summed E-state index contributed by atoms with van der Waals surface area (Å²) < 4.78 is 31.8. The van der Waals surface area contributed by atoms with Gasteiger partial charge in [0.2, 0.25) is 10.0 Å². The second-order valence-corrected chi connectivity index (χ2v) is 5.87. The second-order valence-electron chi connectivity index (χ2n) is 4.14. The Labute approximate surface area is 116 Å². The van der Waals surface area contributed by atoms with Crippen LogP contribution in [0.4, 0.5) is 0 Å². The van der Waals surface area contributed by atoms with Crippen molar-refractivity contribution in [2.45, 2.75) is 18.4 Å². The fraction of sp³-hybridized carbons (Fsp3) is 0.154. The average molecular weight is 295 g/mol. The molecular weight excluding hydrogens is 282 g/mol. The third kappa shape index (κ3) is 2.89. The van der Waals surface area contributed by atoms with Crippen LogP contribution in [-0.4, -0.2) is 19.5 Å². The molecule has 0 bridgehead atoms. The van der Waals surface area contributed by atoms with Gasteiger partial charge in [-0.2, -0.15) is 0 Å². The lowest BCUT2D eigenvalue weighted by Gasteiger charge is -2.10. The Morgan fingerprint density at radius 2 is 2.05 bits per heavy atom. The number of hydrogen-bond acceptors (Lipinski definition) is 4. The predicted octanol–water partition coefficient (Wildman–Crippen LogP) is 1.76. The van der Waals surface area contributed by atoms with Gasteiger partial charge in [-0.3, -0.25) is 0 Å². The average Bonchev–Trinajstić information content (AvgIpc) is 2.89. The largest absolute Gasteiger partial charge is 0.478 e. The molecule has 0 atom stereocenters. The lowest BCUT2D eigenvalue weighted by molar-refractivity contribution is 0.0696. The fourth-order valence-corrected chi connectivity index (χ4v) is 3.05. The maximum atomic E-state index is 12.2. The number of nitrogens with one attached hydrogen (secondary N) is 1. The third-order valence-corrected chi connectivity index (χ3v) is 4.37. The van der Waals surface area contributed by atoms with Gasteiger partial charge in [-0.05, 0) is 36.8 Å². The van der Waals surface area contributed by atoms with Crippen LogP contribution in [0, 0.1) is 6.92 Å². The van der Waals surface area contributed by atoms with Gasteiger partial charge in [-0.15, -0.1) is 0 Å². The van der Waals surface area contributed by atoms with Crippen LogP contribution in [0.15, 0.2) is 45.9 Å². The van der Waals surface area contributed by atoms with Gasteiger partial charge in [0.05, 0.1) is 23.3 Å². The molecule has 0 spiro atoms. The standard InChI is InChI=1S/C13H13NO5S/c1-9-11(13(15)16)5-2-6-12(9)20(17,18)14-8-10-4-3-7-19-10/h2-7,14H,8H2,1H3,(H,15,16). The smallest absolute Gasteiger partial charge is 0.335 e. The number of aromatic carboxylic acids is 1. The van der Waals surface area contributed by atoms with Crippen LogP contribution in [0.5, 0.6) is 0 Å². The van der Waals surface area contributed by atoms with Crippen LogP contribution in [0.3, 0.4) is 0 Å². The minimum absolute atomic E-state index is 0.00602. The molecule has 0 unspecified atom stereocenters. The number of benzene rings is 1. The van der Waals surface area contributed by atoms with Gasteiger partial charge in [0, 0.05) is 0 Å². The Balaban J connectivity index is 2.30. The summed E-state index contributed by atoms with van der Waals surface area (Å²) in [5.74, 6) is -0.689. The highest BCUT2D eigenvalue weighted by Gasteiger charge is 2.20. The molecule has 1 heterocycles. The molecule has 2 aromatic rings. The summed E-state index contributed by atoms with van der Waals surface area (Å²) in [5, 5.41) is 9.01. The number of furan rings is 1. The summed E-state index contributed by atoms with van der Waals surface area (Å²) in [7, 11) is -3.80. The van der Waals surface area contributed by atoms with Crippen molar-refractivity contribution in [1.82, 2.24) is 4.72 Å². The number of carboxylic acid groups (broad SMARTS) is 1. The van der Waals surface area contributed by atoms with Crippen molar-refractivity contribution in [3.05, 3.63) is 53.5 Å². The van der Waals surface area contributed by atoms with Gasteiger partial charge in [0.1, 0.15) is 5.76 Å². The summed E-state index contributed by atoms with van der Waals surface area (Å²) in [4.78, 5) is 11.0. The zero-order valence-electron chi connectivity index (χ0n) is 10.7. The Morgan fingerprint density at radius 1 is 1.30 bits per heavy atom. The topological polar surface area (TPSA) is 96.6 Å². The molecule has 1 aromatic heterocycles. The van der Waals surface area contributed by atoms with Crippen LogP contribution in [0.1, 0.15) is 21.7 Å². The van der Waals surface area contributed by atoms with Crippen molar-refractivity contribution < 1.29 is 22.7 Å². The van der Waals surface area contributed by atoms with E-state index in [9.17, 15) is 13.2 Å². The van der Waals surface area contributed by atoms with Crippen molar-refractivity contribution in [2.24, 2.45) is 0 Å². The minimum atomic E-state index is -3.80. The summed E-state index contributed by atoms with van der Waals surface area (Å²) in [5.41, 5.74) is 0.165. The molecule has 6 nitrogen and oxygen atoms in total. The van der Waals surface area contributed by atoms with E-state index in [1.54, 1.807) is 12.1 Å². The Hall–Kier alpha value is -2.12. The highest BCUT2D eigenvalue weighted by Crippen LogP contribution is 2.19. The molecule has 2 N–H and O–H groups in total. The van der Waals surface area contributed by atoms with Crippen LogP contribution in [-0.2, 0) is 16.6 Å². The quantitative estimate of drug-likeness (QED) is 0.876. The molecule has 0 saturated heterocycles. The van der Waals surface area contributed by atoms with E-state index in [0.29, 0.717) is 5.76 Å². The summed E-state index contributed by atoms with van der Waals surface area (Å²) in [6, 6.07) is 7.43. The molecule has 0 fully saturated rings. The first-order chi connectivity index (χ1) is 9.42. The second kappa shape index (κ2) is 5.48. The molecule has 0 aliphatic heterocycles. The number of hydrogen-bond donors (Lipinski definition) is 2. The number of carboxylic acids is 1. The zero-order chi connectivity index (χ0) is 14.8. The molecule has 0 saturated carbocycles. The van der Waals surface area contributed by atoms with Gasteiger partial charge in [-0.1, -0.05) is 6.07 Å². The van der Waals surface area contributed by atoms with Crippen LogP contribution >= 0.6 is 0 Å². The number of carbonyl (C=O) groups is 1. The first kappa shape index (κ1) is 14.3. The van der Waals surface area contributed by atoms with E-state index in [1.165, 1.54) is 31.4 Å². The van der Waals surface area contributed by atoms with Crippen molar-refractivity contribution in [3.8, 4) is 0 Å². The Morgan fingerprint density at radius 3 is 2.65 bits per heavy atom. The normalized spacial score (nSPS) is 11.4. The van der Waals surface area contributed by atoms with Crippen LogP contribution < -0.4 is 4.72 Å². The molecule has 0 radical (unpaired) electrons. The van der Waals surface area contributed by atoms with Gasteiger partial charge in [0.15, 0.2) is 0 Å². The summed E-state index contributed by atoms with van der Waals surface area (Å²) >= 11 is 0. The molecule has 2 rings (SSSR count). The van der Waals surface area contributed by atoms with E-state index in [4.69, 9.17) is 9.52 Å². The fourth-order valence-electron chi connectivity index (χ4n) is 1.79. The lowest BCUT2D eigenvalue weighted by Crippen LogP contribution is -2.24. The predicted molar refractivity (Wildman–Crippen MR) is 70.9 cm³/mol. The first-order valence-corrected chi connectivity index (χ1v) is 7.25. The minimum Gasteiger partial charge on any atom is -0.478 e. The van der Waals surface area contributed by atoms with E-state index in [-0.39, 0.29) is 22.6 Å². The zero-order valence-corrected chi connectivity index (χ0v) is 11.5. The summed E-state index contributed by atoms with van der Waals surface area (Å²) in [6.07, 6.45) is 1.44. The molecule has 0 aliphatic rings. The lowest BCUT2D eigenvalue weighted by atomic mass is 10.1. The molecule has 7 heteroatoms. The van der Waals surface area contributed by atoms with Crippen LogP contribution in [0.2, 0.25) is 0 Å². The molecular formula is C13H13NO5S. The molecule has 0 aliphatic carbocycles. The van der Waals surface area contributed by atoms with Gasteiger partial charge >= 0.3 is 5.97 Å². The Bertz CT molecular complexity index is 719. The van der Waals surface area contributed by atoms with E-state index >= 15 is 0 Å².